The number of carbonyl (C=O) groups excluding carboxylic acids is 1. The Morgan fingerprint density at radius 2 is 1.67 bits per heavy atom. The number of anilines is 2. The number of carbonyl (C=O) groups is 1. The molecular formula is C11H21N4O2P. The standard InChI is InChI=1S/C11H21N4O2P/c1-6-17-9(16)7-8-18-12-10(14(2)3)11(13-18)15(4)5/h6-8H2,1-5H3. The van der Waals surface area contributed by atoms with Crippen LogP contribution in [0.25, 0.3) is 0 Å². The molecule has 1 aromatic heterocycles. The quantitative estimate of drug-likeness (QED) is 0.732. The van der Waals surface area contributed by atoms with Crippen LogP contribution in [-0.2, 0) is 15.7 Å². The van der Waals surface area contributed by atoms with E-state index in [4.69, 9.17) is 4.74 Å². The summed E-state index contributed by atoms with van der Waals surface area (Å²) in [5.74, 6) is 1.60. The van der Waals surface area contributed by atoms with E-state index in [2.05, 4.69) is 9.49 Å². The van der Waals surface area contributed by atoms with Crippen LogP contribution in [0.3, 0.4) is 0 Å². The second-order valence-corrected chi connectivity index (χ2v) is 5.88. The number of nitrogens with zero attached hydrogens (tertiary/aromatic N) is 4. The minimum atomic E-state index is -0.840. The molecule has 0 aromatic carbocycles. The molecule has 0 aliphatic rings. The van der Waals surface area contributed by atoms with Crippen molar-refractivity contribution in [2.45, 2.75) is 19.5 Å². The van der Waals surface area contributed by atoms with Crippen LogP contribution in [0.5, 0.6) is 0 Å². The maximum absolute atomic E-state index is 11.3. The molecule has 1 aromatic rings. The largest absolute Gasteiger partial charge is 0.466 e. The van der Waals surface area contributed by atoms with Gasteiger partial charge in [-0.1, -0.05) is 0 Å². The third-order valence-corrected chi connectivity index (χ3v) is 3.75. The van der Waals surface area contributed by atoms with Crippen molar-refractivity contribution in [2.24, 2.45) is 0 Å². The first kappa shape index (κ1) is 14.8. The van der Waals surface area contributed by atoms with Crippen LogP contribution in [0.2, 0.25) is 0 Å². The SMILES string of the molecule is CCOC(=O)CCp1nc(N(C)C)c(N(C)C)n1. The Morgan fingerprint density at radius 1 is 1.17 bits per heavy atom. The predicted octanol–water partition coefficient (Wildman–Crippen LogP) is 1.55. The molecule has 0 saturated heterocycles. The monoisotopic (exact) mass is 272 g/mol. The van der Waals surface area contributed by atoms with E-state index in [0.29, 0.717) is 19.2 Å². The molecule has 0 amide bonds. The van der Waals surface area contributed by atoms with E-state index in [1.165, 1.54) is 0 Å². The number of ether oxygens (including phenoxy) is 1. The van der Waals surface area contributed by atoms with E-state index in [0.717, 1.165) is 11.6 Å². The predicted molar refractivity (Wildman–Crippen MR) is 74.6 cm³/mol. The van der Waals surface area contributed by atoms with Gasteiger partial charge in [-0.3, -0.25) is 4.79 Å². The van der Waals surface area contributed by atoms with Gasteiger partial charge in [-0.2, -0.15) is 9.49 Å². The van der Waals surface area contributed by atoms with Crippen molar-refractivity contribution in [3.8, 4) is 0 Å². The summed E-state index contributed by atoms with van der Waals surface area (Å²) in [6.45, 7) is 2.23. The molecule has 0 aliphatic carbocycles. The van der Waals surface area contributed by atoms with Crippen LogP contribution < -0.4 is 9.80 Å². The van der Waals surface area contributed by atoms with E-state index in [1.54, 1.807) is 0 Å². The molecule has 0 spiro atoms. The molecule has 0 bridgehead atoms. The third-order valence-electron chi connectivity index (χ3n) is 2.29. The summed E-state index contributed by atoms with van der Waals surface area (Å²) < 4.78 is 14.1. The number of esters is 1. The lowest BCUT2D eigenvalue weighted by Gasteiger charge is -2.15. The lowest BCUT2D eigenvalue weighted by molar-refractivity contribution is -0.142. The molecule has 0 aliphatic heterocycles. The van der Waals surface area contributed by atoms with Crippen LogP contribution in [0, 0.1) is 0 Å². The van der Waals surface area contributed by atoms with Gasteiger partial charge in [0, 0.05) is 34.4 Å². The summed E-state index contributed by atoms with van der Waals surface area (Å²) in [6, 6.07) is 0. The highest BCUT2D eigenvalue weighted by atomic mass is 31.1. The van der Waals surface area contributed by atoms with Crippen molar-refractivity contribution in [3.63, 3.8) is 0 Å². The van der Waals surface area contributed by atoms with E-state index >= 15 is 0 Å². The first-order valence-electron chi connectivity index (χ1n) is 5.91. The van der Waals surface area contributed by atoms with Crippen LogP contribution >= 0.6 is 7.85 Å². The number of hydrogen-bond donors (Lipinski definition) is 0. The molecular weight excluding hydrogens is 251 g/mol. The number of aryl methyl sites for hydroxylation is 1. The highest BCUT2D eigenvalue weighted by Crippen LogP contribution is 2.34. The van der Waals surface area contributed by atoms with E-state index in [1.807, 2.05) is 44.9 Å². The van der Waals surface area contributed by atoms with Crippen molar-refractivity contribution in [2.75, 3.05) is 44.6 Å². The van der Waals surface area contributed by atoms with Gasteiger partial charge in [-0.15, -0.1) is 0 Å². The lowest BCUT2D eigenvalue weighted by atomic mass is 10.5. The van der Waals surface area contributed by atoms with Gasteiger partial charge in [0.05, 0.1) is 20.9 Å². The molecule has 6 nitrogen and oxygen atoms in total. The van der Waals surface area contributed by atoms with Crippen LogP contribution in [-0.4, -0.2) is 50.3 Å². The average Bonchev–Trinajstić information content (AvgIpc) is 2.71. The summed E-state index contributed by atoms with van der Waals surface area (Å²) in [5, 5.41) is 0. The molecule has 0 N–H and O–H groups in total. The van der Waals surface area contributed by atoms with E-state index in [9.17, 15) is 4.79 Å². The van der Waals surface area contributed by atoms with Crippen LogP contribution in [0.1, 0.15) is 13.3 Å². The Labute approximate surface area is 109 Å². The molecule has 0 radical (unpaired) electrons. The van der Waals surface area contributed by atoms with Crippen molar-refractivity contribution in [1.29, 1.82) is 0 Å². The van der Waals surface area contributed by atoms with Crippen molar-refractivity contribution < 1.29 is 9.53 Å². The smallest absolute Gasteiger partial charge is 0.306 e. The summed E-state index contributed by atoms with van der Waals surface area (Å²) >= 11 is 0. The van der Waals surface area contributed by atoms with Crippen molar-refractivity contribution in [3.05, 3.63) is 0 Å². The zero-order valence-electron chi connectivity index (χ0n) is 11.7. The Bertz CT molecular complexity index is 378. The average molecular weight is 272 g/mol. The highest BCUT2D eigenvalue weighted by Gasteiger charge is 2.15. The van der Waals surface area contributed by atoms with Gasteiger partial charge in [0.1, 0.15) is 0 Å². The number of rotatable bonds is 6. The first-order chi connectivity index (χ1) is 8.45. The van der Waals surface area contributed by atoms with Crippen LogP contribution in [0.4, 0.5) is 11.6 Å². The third kappa shape index (κ3) is 3.88. The zero-order chi connectivity index (χ0) is 13.7. The molecule has 1 heterocycles. The second kappa shape index (κ2) is 6.59. The molecule has 1 rings (SSSR count). The molecule has 0 atom stereocenters. The maximum Gasteiger partial charge on any atom is 0.306 e. The second-order valence-electron chi connectivity index (χ2n) is 4.29. The highest BCUT2D eigenvalue weighted by molar-refractivity contribution is 7.41. The van der Waals surface area contributed by atoms with Crippen molar-refractivity contribution in [1.82, 2.24) is 9.49 Å². The van der Waals surface area contributed by atoms with Crippen molar-refractivity contribution >= 4 is 25.5 Å². The molecule has 18 heavy (non-hydrogen) atoms. The minimum Gasteiger partial charge on any atom is -0.466 e. The summed E-state index contributed by atoms with van der Waals surface area (Å²) in [6.07, 6.45) is 1.04. The van der Waals surface area contributed by atoms with Crippen LogP contribution in [0.15, 0.2) is 0 Å². The minimum absolute atomic E-state index is 0.171. The van der Waals surface area contributed by atoms with Gasteiger partial charge in [0.15, 0.2) is 11.6 Å². The Morgan fingerprint density at radius 3 is 2.06 bits per heavy atom. The lowest BCUT2D eigenvalue weighted by Crippen LogP contribution is -2.16. The summed E-state index contributed by atoms with van der Waals surface area (Å²) in [7, 11) is 6.95. The van der Waals surface area contributed by atoms with Gasteiger partial charge in [0.2, 0.25) is 0 Å². The number of aromatic nitrogens is 2. The van der Waals surface area contributed by atoms with E-state index < -0.39 is 7.85 Å². The maximum atomic E-state index is 11.3. The Hall–Kier alpha value is -1.29. The zero-order valence-corrected chi connectivity index (χ0v) is 12.6. The Balaban J connectivity index is 2.73. The normalized spacial score (nSPS) is 10.3. The van der Waals surface area contributed by atoms with Gasteiger partial charge in [-0.05, 0) is 6.92 Å². The molecule has 102 valence electrons. The fourth-order valence-corrected chi connectivity index (χ4v) is 3.04. The fourth-order valence-electron chi connectivity index (χ4n) is 1.43. The summed E-state index contributed by atoms with van der Waals surface area (Å²) in [4.78, 5) is 15.2. The molecule has 7 heteroatoms. The van der Waals surface area contributed by atoms with Gasteiger partial charge in [0.25, 0.3) is 0 Å². The number of hydrogen-bond acceptors (Lipinski definition) is 6. The first-order valence-corrected chi connectivity index (χ1v) is 7.34. The molecule has 0 fully saturated rings. The van der Waals surface area contributed by atoms with Gasteiger partial charge in [-0.25, -0.2) is 0 Å². The van der Waals surface area contributed by atoms with Gasteiger partial charge >= 0.3 is 5.97 Å². The fraction of sp³-hybridized carbons (Fsp3) is 0.727. The van der Waals surface area contributed by atoms with Gasteiger partial charge < -0.3 is 14.5 Å². The Kier molecular flexibility index (Phi) is 5.41. The van der Waals surface area contributed by atoms with E-state index in [-0.39, 0.29) is 5.97 Å². The molecule has 0 saturated carbocycles. The summed E-state index contributed by atoms with van der Waals surface area (Å²) in [5.41, 5.74) is 0. The molecule has 0 unspecified atom stereocenters. The topological polar surface area (TPSA) is 58.6 Å².